The van der Waals surface area contributed by atoms with Crippen molar-refractivity contribution in [2.24, 2.45) is 0 Å². The van der Waals surface area contributed by atoms with Crippen LogP contribution >= 0.6 is 11.6 Å². The Labute approximate surface area is 127 Å². The molecule has 2 rings (SSSR count). The Morgan fingerprint density at radius 2 is 2.00 bits per heavy atom. The summed E-state index contributed by atoms with van der Waals surface area (Å²) in [5.41, 5.74) is 1.47. The van der Waals surface area contributed by atoms with E-state index in [1.165, 1.54) is 0 Å². The van der Waals surface area contributed by atoms with Gasteiger partial charge in [-0.25, -0.2) is 0 Å². The molecular formula is C16H13ClN2O2. The van der Waals surface area contributed by atoms with Gasteiger partial charge in [-0.2, -0.15) is 5.26 Å². The Kier molecular flexibility index (Phi) is 5.19. The Morgan fingerprint density at radius 1 is 1.24 bits per heavy atom. The monoisotopic (exact) mass is 300 g/mol. The van der Waals surface area contributed by atoms with Crippen molar-refractivity contribution in [3.63, 3.8) is 0 Å². The van der Waals surface area contributed by atoms with Gasteiger partial charge in [-0.15, -0.1) is 0 Å². The molecule has 0 radical (unpaired) electrons. The van der Waals surface area contributed by atoms with Crippen LogP contribution in [0.5, 0.6) is 5.75 Å². The van der Waals surface area contributed by atoms with Crippen molar-refractivity contribution in [1.29, 1.82) is 5.26 Å². The van der Waals surface area contributed by atoms with Crippen LogP contribution in [0, 0.1) is 11.3 Å². The Morgan fingerprint density at radius 3 is 2.71 bits per heavy atom. The number of amides is 1. The lowest BCUT2D eigenvalue weighted by Crippen LogP contribution is -2.11. The molecule has 21 heavy (non-hydrogen) atoms. The molecule has 2 aromatic carbocycles. The SMILES string of the molecule is N#CCC(=O)Nc1cc(Cl)ccc1OCc1ccccc1. The third kappa shape index (κ3) is 4.51. The maximum absolute atomic E-state index is 11.5. The predicted molar refractivity (Wildman–Crippen MR) is 81.1 cm³/mol. The highest BCUT2D eigenvalue weighted by Gasteiger charge is 2.09. The average molecular weight is 301 g/mol. The van der Waals surface area contributed by atoms with E-state index in [-0.39, 0.29) is 6.42 Å². The van der Waals surface area contributed by atoms with Crippen molar-refractivity contribution in [2.45, 2.75) is 13.0 Å². The zero-order valence-electron chi connectivity index (χ0n) is 11.2. The summed E-state index contributed by atoms with van der Waals surface area (Å²) < 4.78 is 5.70. The highest BCUT2D eigenvalue weighted by Crippen LogP contribution is 2.28. The number of carbonyl (C=O) groups is 1. The molecule has 0 aliphatic heterocycles. The number of hydrogen-bond acceptors (Lipinski definition) is 3. The van der Waals surface area contributed by atoms with Crippen LogP contribution in [0.15, 0.2) is 48.5 Å². The number of benzene rings is 2. The summed E-state index contributed by atoms with van der Waals surface area (Å²) >= 11 is 5.92. The lowest BCUT2D eigenvalue weighted by atomic mass is 10.2. The zero-order chi connectivity index (χ0) is 15.1. The first kappa shape index (κ1) is 14.9. The zero-order valence-corrected chi connectivity index (χ0v) is 11.9. The second-order valence-electron chi connectivity index (χ2n) is 4.30. The summed E-state index contributed by atoms with van der Waals surface area (Å²) in [4.78, 5) is 11.5. The summed E-state index contributed by atoms with van der Waals surface area (Å²) in [6.45, 7) is 0.379. The summed E-state index contributed by atoms with van der Waals surface area (Å²) in [6, 6.07) is 16.4. The van der Waals surface area contributed by atoms with Crippen LogP contribution in [0.1, 0.15) is 12.0 Å². The lowest BCUT2D eigenvalue weighted by molar-refractivity contribution is -0.115. The predicted octanol–water partition coefficient (Wildman–Crippen LogP) is 3.77. The van der Waals surface area contributed by atoms with E-state index in [1.807, 2.05) is 30.3 Å². The topological polar surface area (TPSA) is 62.1 Å². The van der Waals surface area contributed by atoms with Gasteiger partial charge in [-0.1, -0.05) is 41.9 Å². The number of ether oxygens (including phenoxy) is 1. The number of anilines is 1. The number of rotatable bonds is 5. The highest BCUT2D eigenvalue weighted by atomic mass is 35.5. The van der Waals surface area contributed by atoms with Crippen molar-refractivity contribution >= 4 is 23.2 Å². The van der Waals surface area contributed by atoms with Crippen LogP contribution in [0.4, 0.5) is 5.69 Å². The van der Waals surface area contributed by atoms with Gasteiger partial charge in [0.25, 0.3) is 0 Å². The molecule has 0 unspecified atom stereocenters. The van der Waals surface area contributed by atoms with Gasteiger partial charge < -0.3 is 10.1 Å². The molecule has 0 bridgehead atoms. The van der Waals surface area contributed by atoms with Crippen LogP contribution in [0.3, 0.4) is 0 Å². The maximum atomic E-state index is 11.5. The van der Waals surface area contributed by atoms with E-state index < -0.39 is 5.91 Å². The fraction of sp³-hybridized carbons (Fsp3) is 0.125. The molecule has 0 aliphatic rings. The Balaban J connectivity index is 2.11. The van der Waals surface area contributed by atoms with Crippen molar-refractivity contribution < 1.29 is 9.53 Å². The average Bonchev–Trinajstić information content (AvgIpc) is 2.48. The van der Waals surface area contributed by atoms with Gasteiger partial charge in [0.2, 0.25) is 5.91 Å². The smallest absolute Gasteiger partial charge is 0.238 e. The molecule has 0 atom stereocenters. The first-order valence-corrected chi connectivity index (χ1v) is 6.70. The molecule has 0 heterocycles. The second-order valence-corrected chi connectivity index (χ2v) is 4.73. The Bertz CT molecular complexity index is 666. The first-order valence-electron chi connectivity index (χ1n) is 6.32. The number of nitrogens with zero attached hydrogens (tertiary/aromatic N) is 1. The minimum absolute atomic E-state index is 0.218. The van der Waals surface area contributed by atoms with Crippen LogP contribution in [0.2, 0.25) is 5.02 Å². The van der Waals surface area contributed by atoms with Crippen molar-refractivity contribution in [3.8, 4) is 11.8 Å². The fourth-order valence-corrected chi connectivity index (χ4v) is 1.90. The van der Waals surface area contributed by atoms with E-state index >= 15 is 0 Å². The van der Waals surface area contributed by atoms with Gasteiger partial charge in [0.05, 0.1) is 11.8 Å². The molecule has 0 saturated heterocycles. The fourth-order valence-electron chi connectivity index (χ4n) is 1.73. The molecule has 4 nitrogen and oxygen atoms in total. The summed E-state index contributed by atoms with van der Waals surface area (Å²) in [6.07, 6.45) is -0.218. The van der Waals surface area contributed by atoms with Gasteiger partial charge in [-0.05, 0) is 23.8 Å². The van der Waals surface area contributed by atoms with Gasteiger partial charge in [0, 0.05) is 5.02 Å². The van der Waals surface area contributed by atoms with Gasteiger partial charge in [0.15, 0.2) is 0 Å². The molecule has 0 aliphatic carbocycles. The molecular weight excluding hydrogens is 288 g/mol. The molecule has 2 aromatic rings. The summed E-state index contributed by atoms with van der Waals surface area (Å²) in [7, 11) is 0. The van der Waals surface area contributed by atoms with E-state index in [0.29, 0.717) is 23.1 Å². The van der Waals surface area contributed by atoms with Crippen LogP contribution in [-0.4, -0.2) is 5.91 Å². The first-order chi connectivity index (χ1) is 10.2. The molecule has 0 saturated carbocycles. The van der Waals surface area contributed by atoms with Crippen LogP contribution in [0.25, 0.3) is 0 Å². The molecule has 1 amide bonds. The van der Waals surface area contributed by atoms with Crippen molar-refractivity contribution in [2.75, 3.05) is 5.32 Å². The van der Waals surface area contributed by atoms with Gasteiger partial charge >= 0.3 is 0 Å². The minimum atomic E-state index is -0.399. The summed E-state index contributed by atoms with van der Waals surface area (Å²) in [5, 5.41) is 11.6. The normalized spacial score (nSPS) is 9.71. The van der Waals surface area contributed by atoms with Crippen LogP contribution in [-0.2, 0) is 11.4 Å². The number of carbonyl (C=O) groups excluding carboxylic acids is 1. The summed E-state index contributed by atoms with van der Waals surface area (Å²) in [5.74, 6) is 0.110. The molecule has 0 aromatic heterocycles. The number of nitrogens with one attached hydrogen (secondary N) is 1. The van der Waals surface area contributed by atoms with Gasteiger partial charge in [0.1, 0.15) is 18.8 Å². The lowest BCUT2D eigenvalue weighted by Gasteiger charge is -2.12. The van der Waals surface area contributed by atoms with E-state index in [9.17, 15) is 4.79 Å². The largest absolute Gasteiger partial charge is 0.487 e. The molecule has 106 valence electrons. The highest BCUT2D eigenvalue weighted by molar-refractivity contribution is 6.31. The standard InChI is InChI=1S/C16H13ClN2O2/c17-13-6-7-15(14(10-13)19-16(20)8-9-18)21-11-12-4-2-1-3-5-12/h1-7,10H,8,11H2,(H,19,20). The molecule has 0 spiro atoms. The number of halogens is 1. The van der Waals surface area contributed by atoms with E-state index in [4.69, 9.17) is 21.6 Å². The third-order valence-electron chi connectivity index (χ3n) is 2.69. The second kappa shape index (κ2) is 7.32. The molecule has 1 N–H and O–H groups in total. The van der Waals surface area contributed by atoms with E-state index in [1.54, 1.807) is 24.3 Å². The molecule has 0 fully saturated rings. The number of nitriles is 1. The maximum Gasteiger partial charge on any atom is 0.238 e. The van der Waals surface area contributed by atoms with Gasteiger partial charge in [-0.3, -0.25) is 4.79 Å². The van der Waals surface area contributed by atoms with Crippen LogP contribution < -0.4 is 10.1 Å². The van der Waals surface area contributed by atoms with E-state index in [2.05, 4.69) is 5.32 Å². The van der Waals surface area contributed by atoms with E-state index in [0.717, 1.165) is 5.56 Å². The van der Waals surface area contributed by atoms with Crippen molar-refractivity contribution in [1.82, 2.24) is 0 Å². The number of hydrogen-bond donors (Lipinski definition) is 1. The Hall–Kier alpha value is -2.51. The van der Waals surface area contributed by atoms with Crippen molar-refractivity contribution in [3.05, 3.63) is 59.1 Å². The molecule has 5 heteroatoms. The minimum Gasteiger partial charge on any atom is -0.487 e. The third-order valence-corrected chi connectivity index (χ3v) is 2.93. The quantitative estimate of drug-likeness (QED) is 0.914.